The van der Waals surface area contributed by atoms with Crippen molar-refractivity contribution in [3.05, 3.63) is 26.6 Å². The Balaban J connectivity index is 1.85. The smallest absolute Gasteiger partial charge is 0.260 e. The van der Waals surface area contributed by atoms with E-state index in [0.717, 1.165) is 41.3 Å². The molecule has 0 spiro atoms. The van der Waals surface area contributed by atoms with Crippen molar-refractivity contribution in [3.63, 3.8) is 0 Å². The normalized spacial score (nSPS) is 19.0. The van der Waals surface area contributed by atoms with Crippen LogP contribution in [0.3, 0.4) is 0 Å². The number of unbranched alkanes of at least 4 members (excludes halogenated alkanes) is 2. The van der Waals surface area contributed by atoms with E-state index in [9.17, 15) is 4.79 Å². The maximum absolute atomic E-state index is 12.6. The number of nitrogens with two attached hydrogens (primary N) is 1. The van der Waals surface area contributed by atoms with Crippen molar-refractivity contribution in [2.75, 3.05) is 6.54 Å². The van der Waals surface area contributed by atoms with Gasteiger partial charge in [0.2, 0.25) is 0 Å². The molecule has 1 aliphatic carbocycles. The van der Waals surface area contributed by atoms with Crippen molar-refractivity contribution < 1.29 is 5.32 Å². The lowest BCUT2D eigenvalue weighted by molar-refractivity contribution is -0.694. The molecule has 3 N–H and O–H groups in total. The lowest BCUT2D eigenvalue weighted by atomic mass is 9.89. The molecule has 1 aliphatic rings. The van der Waals surface area contributed by atoms with E-state index in [-0.39, 0.29) is 11.6 Å². The van der Waals surface area contributed by atoms with Gasteiger partial charge >= 0.3 is 0 Å². The number of hydrogen-bond donors (Lipinski definition) is 2. The molecule has 4 nitrogen and oxygen atoms in total. The van der Waals surface area contributed by atoms with Crippen LogP contribution in [0, 0.1) is 5.92 Å². The zero-order chi connectivity index (χ0) is 16.4. The molecular weight excluding hydrogens is 306 g/mol. The molecule has 0 aromatic carbocycles. The zero-order valence-corrected chi connectivity index (χ0v) is 15.3. The van der Waals surface area contributed by atoms with Gasteiger partial charge in [0.1, 0.15) is 10.9 Å². The van der Waals surface area contributed by atoms with E-state index >= 15 is 0 Å². The number of fused-ring (bicyclic) bond motifs is 3. The maximum atomic E-state index is 12.6. The Labute approximate surface area is 141 Å². The summed E-state index contributed by atoms with van der Waals surface area (Å²) in [5.74, 6) is 1.55. The lowest BCUT2D eigenvalue weighted by Gasteiger charge is -2.17. The summed E-state index contributed by atoms with van der Waals surface area (Å²) in [5, 5.41) is 3.15. The average molecular weight is 335 g/mol. The molecule has 0 radical (unpaired) electrons. The summed E-state index contributed by atoms with van der Waals surface area (Å²) in [6.45, 7) is 7.74. The third-order valence-corrected chi connectivity index (χ3v) is 6.09. The van der Waals surface area contributed by atoms with Crippen LogP contribution in [0.5, 0.6) is 0 Å². The number of quaternary nitrogens is 1. The first kappa shape index (κ1) is 16.7. The van der Waals surface area contributed by atoms with Gasteiger partial charge in [-0.1, -0.05) is 20.3 Å². The number of aryl methyl sites for hydroxylation is 1. The first-order valence-corrected chi connectivity index (χ1v) is 9.79. The summed E-state index contributed by atoms with van der Waals surface area (Å²) >= 11 is 1.74. The van der Waals surface area contributed by atoms with Crippen LogP contribution in [0.4, 0.5) is 0 Å². The maximum Gasteiger partial charge on any atom is 0.260 e. The molecule has 2 atom stereocenters. The van der Waals surface area contributed by atoms with Crippen LogP contribution in [-0.2, 0) is 12.8 Å². The highest BCUT2D eigenvalue weighted by Gasteiger charge is 2.24. The fourth-order valence-electron chi connectivity index (χ4n) is 3.45. The van der Waals surface area contributed by atoms with Crippen LogP contribution in [0.1, 0.15) is 68.8 Å². The molecule has 2 aromatic rings. The first-order valence-electron chi connectivity index (χ1n) is 8.98. The summed E-state index contributed by atoms with van der Waals surface area (Å²) in [7, 11) is 0. The lowest BCUT2D eigenvalue weighted by Crippen LogP contribution is -2.85. The summed E-state index contributed by atoms with van der Waals surface area (Å²) in [5.41, 5.74) is 1.33. The van der Waals surface area contributed by atoms with Gasteiger partial charge in [-0.05, 0) is 50.5 Å². The summed E-state index contributed by atoms with van der Waals surface area (Å²) < 4.78 is 0. The number of H-pyrrole nitrogens is 1. The molecule has 0 bridgehead atoms. The molecule has 3 rings (SSSR count). The Kier molecular flexibility index (Phi) is 5.17. The molecule has 5 heteroatoms. The molecule has 2 heterocycles. The Morgan fingerprint density at radius 1 is 1.43 bits per heavy atom. The minimum Gasteiger partial charge on any atom is -0.338 e. The highest BCUT2D eigenvalue weighted by atomic mass is 32.1. The Morgan fingerprint density at radius 2 is 2.26 bits per heavy atom. The van der Waals surface area contributed by atoms with Crippen LogP contribution < -0.4 is 10.9 Å². The second-order valence-electron chi connectivity index (χ2n) is 7.00. The first-order chi connectivity index (χ1) is 11.1. The third-order valence-electron chi connectivity index (χ3n) is 4.94. The number of hydrogen-bond acceptors (Lipinski definition) is 3. The molecule has 0 saturated carbocycles. The van der Waals surface area contributed by atoms with Crippen LogP contribution in [0.2, 0.25) is 0 Å². The van der Waals surface area contributed by atoms with Crippen molar-refractivity contribution in [2.24, 2.45) is 5.92 Å². The van der Waals surface area contributed by atoms with E-state index in [1.165, 1.54) is 36.1 Å². The van der Waals surface area contributed by atoms with E-state index in [0.29, 0.717) is 0 Å². The predicted molar refractivity (Wildman–Crippen MR) is 96.2 cm³/mol. The van der Waals surface area contributed by atoms with Gasteiger partial charge < -0.3 is 10.3 Å². The topological polar surface area (TPSA) is 62.4 Å². The molecule has 0 saturated heterocycles. The van der Waals surface area contributed by atoms with Crippen molar-refractivity contribution in [1.82, 2.24) is 9.97 Å². The number of aromatic nitrogens is 2. The average Bonchev–Trinajstić information content (AvgIpc) is 2.88. The van der Waals surface area contributed by atoms with Gasteiger partial charge in [0, 0.05) is 4.88 Å². The molecule has 0 unspecified atom stereocenters. The van der Waals surface area contributed by atoms with E-state index in [4.69, 9.17) is 4.98 Å². The van der Waals surface area contributed by atoms with Gasteiger partial charge in [0.25, 0.3) is 5.56 Å². The molecule has 0 amide bonds. The SMILES string of the molecule is CCCCC[NH2+][C@@H](C)c1nc2sc3c(c2c(=O)[nH]1)CC[C@@H](C)C3. The molecule has 2 aromatic heterocycles. The quantitative estimate of drug-likeness (QED) is 0.798. The van der Waals surface area contributed by atoms with Gasteiger partial charge in [0.15, 0.2) is 5.82 Å². The summed E-state index contributed by atoms with van der Waals surface area (Å²) in [6.07, 6.45) is 7.04. The van der Waals surface area contributed by atoms with Crippen LogP contribution in [-0.4, -0.2) is 16.5 Å². The van der Waals surface area contributed by atoms with Crippen molar-refractivity contribution >= 4 is 21.6 Å². The largest absolute Gasteiger partial charge is 0.338 e. The molecule has 0 aliphatic heterocycles. The summed E-state index contributed by atoms with van der Waals surface area (Å²) in [4.78, 5) is 22.8. The minimum absolute atomic E-state index is 0.0610. The monoisotopic (exact) mass is 334 g/mol. The fraction of sp³-hybridized carbons (Fsp3) is 0.667. The van der Waals surface area contributed by atoms with Crippen molar-refractivity contribution in [1.29, 1.82) is 0 Å². The van der Waals surface area contributed by atoms with Gasteiger partial charge in [-0.3, -0.25) is 4.79 Å². The minimum atomic E-state index is 0.0610. The van der Waals surface area contributed by atoms with Crippen LogP contribution in [0.15, 0.2) is 4.79 Å². The third kappa shape index (κ3) is 3.50. The number of nitrogens with zero attached hydrogens (tertiary/aromatic N) is 1. The molecule has 0 fully saturated rings. The van der Waals surface area contributed by atoms with Gasteiger partial charge in [-0.15, -0.1) is 11.3 Å². The number of thiophene rings is 1. The fourth-order valence-corrected chi connectivity index (χ4v) is 4.85. The Morgan fingerprint density at radius 3 is 3.04 bits per heavy atom. The predicted octanol–water partition coefficient (Wildman–Crippen LogP) is 2.92. The number of rotatable bonds is 6. The Bertz CT molecular complexity index is 734. The van der Waals surface area contributed by atoms with E-state index in [2.05, 4.69) is 31.1 Å². The standard InChI is InChI=1S/C18H27N3OS/c1-4-5-6-9-19-12(3)16-20-17(22)15-13-8-7-11(2)10-14(13)23-18(15)21-16/h11-12,19H,4-10H2,1-3H3,(H,20,21,22)/p+1/t11-,12+/m1/s1. The highest BCUT2D eigenvalue weighted by molar-refractivity contribution is 7.18. The van der Waals surface area contributed by atoms with E-state index in [1.807, 2.05) is 0 Å². The number of nitrogens with one attached hydrogen (secondary N) is 1. The van der Waals surface area contributed by atoms with Crippen molar-refractivity contribution in [2.45, 2.75) is 65.3 Å². The second kappa shape index (κ2) is 7.14. The second-order valence-corrected chi connectivity index (χ2v) is 8.09. The molecule has 126 valence electrons. The van der Waals surface area contributed by atoms with Crippen LogP contribution >= 0.6 is 11.3 Å². The number of aromatic amines is 1. The highest BCUT2D eigenvalue weighted by Crippen LogP contribution is 2.35. The summed E-state index contributed by atoms with van der Waals surface area (Å²) in [6, 6.07) is 0.210. The van der Waals surface area contributed by atoms with Gasteiger partial charge in [-0.25, -0.2) is 4.98 Å². The van der Waals surface area contributed by atoms with E-state index < -0.39 is 0 Å². The van der Waals surface area contributed by atoms with Crippen LogP contribution in [0.25, 0.3) is 10.2 Å². The van der Waals surface area contributed by atoms with Gasteiger partial charge in [0.05, 0.1) is 11.9 Å². The van der Waals surface area contributed by atoms with Gasteiger partial charge in [-0.2, -0.15) is 0 Å². The zero-order valence-electron chi connectivity index (χ0n) is 14.4. The van der Waals surface area contributed by atoms with E-state index in [1.54, 1.807) is 11.3 Å². The molecular formula is C18H28N3OS+. The molecule has 23 heavy (non-hydrogen) atoms. The van der Waals surface area contributed by atoms with Crippen molar-refractivity contribution in [3.8, 4) is 0 Å². The Hall–Kier alpha value is -1.20.